The number of ether oxygens (including phenoxy) is 4. The van der Waals surface area contributed by atoms with Crippen LogP contribution in [0.4, 0.5) is 0 Å². The molecule has 36 heavy (non-hydrogen) atoms. The molecule has 0 spiro atoms. The van der Waals surface area contributed by atoms with Crippen LogP contribution < -0.4 is 10.1 Å². The Morgan fingerprint density at radius 1 is 1.28 bits per heavy atom. The fourth-order valence-corrected chi connectivity index (χ4v) is 6.51. The number of nitrogens with one attached hydrogen (secondary N) is 1. The molecular formula is C26H39ClN2O6S. The number of amides is 1. The van der Waals surface area contributed by atoms with Crippen LogP contribution >= 0.6 is 23.4 Å². The van der Waals surface area contributed by atoms with Crippen LogP contribution in [0.3, 0.4) is 0 Å². The third-order valence-corrected chi connectivity index (χ3v) is 8.65. The van der Waals surface area contributed by atoms with Gasteiger partial charge in [-0.25, -0.2) is 0 Å². The van der Waals surface area contributed by atoms with Gasteiger partial charge in [0.1, 0.15) is 35.6 Å². The second-order valence-electron chi connectivity index (χ2n) is 10.1. The van der Waals surface area contributed by atoms with Gasteiger partial charge in [0.15, 0.2) is 6.29 Å². The number of alkyl halides is 1. The number of hydrogen-bond donors (Lipinski definition) is 2. The van der Waals surface area contributed by atoms with Crippen molar-refractivity contribution in [2.45, 2.75) is 86.7 Å². The fraction of sp³-hybridized carbons (Fsp3) is 0.731. The summed E-state index contributed by atoms with van der Waals surface area (Å²) < 4.78 is 24.1. The number of methoxy groups -OCH3 is 1. The SMILES string of the molecule is CCC[C@@H]1C[C@@H](C(=O)NC(C(C)Cl)[C@H]2O[C@H](SC)[C@H](O)[C@H]3OC(c4ccc(OC)cc4)O[C@H]32)N(C)C1. The maximum atomic E-state index is 13.4. The van der Waals surface area contributed by atoms with E-state index in [1.54, 1.807) is 7.11 Å². The molecule has 0 bridgehead atoms. The molecule has 202 valence electrons. The summed E-state index contributed by atoms with van der Waals surface area (Å²) in [4.78, 5) is 15.5. The van der Waals surface area contributed by atoms with Crippen molar-refractivity contribution in [3.8, 4) is 5.75 Å². The molecule has 0 radical (unpaired) electrons. The lowest BCUT2D eigenvalue weighted by atomic mass is 9.92. The van der Waals surface area contributed by atoms with Gasteiger partial charge in [-0.15, -0.1) is 23.4 Å². The molecule has 1 amide bonds. The molecule has 0 aromatic heterocycles. The number of carbonyl (C=O) groups is 1. The van der Waals surface area contributed by atoms with E-state index < -0.39 is 47.6 Å². The molecule has 3 unspecified atom stereocenters. The van der Waals surface area contributed by atoms with Crippen molar-refractivity contribution in [2.24, 2.45) is 5.92 Å². The fourth-order valence-electron chi connectivity index (χ4n) is 5.63. The van der Waals surface area contributed by atoms with Gasteiger partial charge >= 0.3 is 0 Å². The predicted octanol–water partition coefficient (Wildman–Crippen LogP) is 3.16. The number of nitrogens with zero attached hydrogens (tertiary/aromatic N) is 1. The van der Waals surface area contributed by atoms with E-state index in [1.165, 1.54) is 11.8 Å². The molecular weight excluding hydrogens is 504 g/mol. The molecule has 2 N–H and O–H groups in total. The summed E-state index contributed by atoms with van der Waals surface area (Å²) in [5.74, 6) is 1.20. The number of carbonyl (C=O) groups excluding carboxylic acids is 1. The molecule has 3 saturated heterocycles. The summed E-state index contributed by atoms with van der Waals surface area (Å²) in [5.41, 5.74) is 0.276. The highest BCUT2D eigenvalue weighted by atomic mass is 35.5. The van der Waals surface area contributed by atoms with Crippen LogP contribution in [0, 0.1) is 5.92 Å². The van der Waals surface area contributed by atoms with Crippen molar-refractivity contribution in [3.05, 3.63) is 29.8 Å². The number of rotatable bonds is 9. The topological polar surface area (TPSA) is 89.5 Å². The van der Waals surface area contributed by atoms with Crippen molar-refractivity contribution >= 4 is 29.3 Å². The van der Waals surface area contributed by atoms with Crippen molar-refractivity contribution in [1.82, 2.24) is 10.2 Å². The molecule has 3 fully saturated rings. The summed E-state index contributed by atoms with van der Waals surface area (Å²) in [6.07, 6.45) is 1.56. The third kappa shape index (κ3) is 5.82. The Hall–Kier alpha value is -1.07. The first-order chi connectivity index (χ1) is 17.3. The number of likely N-dealkylation sites (tertiary alicyclic amines) is 1. The van der Waals surface area contributed by atoms with E-state index >= 15 is 0 Å². The average Bonchev–Trinajstić information content (AvgIpc) is 3.47. The van der Waals surface area contributed by atoms with Crippen LogP contribution in [-0.4, -0.2) is 90.2 Å². The zero-order chi connectivity index (χ0) is 26.0. The van der Waals surface area contributed by atoms with E-state index in [2.05, 4.69) is 17.1 Å². The molecule has 0 saturated carbocycles. The molecule has 0 aliphatic carbocycles. The molecule has 10 atom stereocenters. The highest BCUT2D eigenvalue weighted by Crippen LogP contribution is 2.42. The van der Waals surface area contributed by atoms with Crippen molar-refractivity contribution in [1.29, 1.82) is 0 Å². The first-order valence-corrected chi connectivity index (χ1v) is 14.5. The maximum absolute atomic E-state index is 13.4. The van der Waals surface area contributed by atoms with Crippen molar-refractivity contribution in [2.75, 3.05) is 27.0 Å². The normalized spacial score (nSPS) is 36.3. The Labute approximate surface area is 223 Å². The zero-order valence-corrected chi connectivity index (χ0v) is 23.2. The van der Waals surface area contributed by atoms with Gasteiger partial charge < -0.3 is 29.4 Å². The van der Waals surface area contributed by atoms with E-state index in [-0.39, 0.29) is 11.9 Å². The minimum Gasteiger partial charge on any atom is -0.497 e. The van der Waals surface area contributed by atoms with Gasteiger partial charge in [-0.05, 0) is 51.1 Å². The number of fused-ring (bicyclic) bond motifs is 1. The summed E-state index contributed by atoms with van der Waals surface area (Å²) in [5, 5.41) is 13.7. The van der Waals surface area contributed by atoms with E-state index in [1.807, 2.05) is 44.5 Å². The summed E-state index contributed by atoms with van der Waals surface area (Å²) in [6.45, 7) is 4.94. The van der Waals surface area contributed by atoms with Crippen molar-refractivity contribution in [3.63, 3.8) is 0 Å². The predicted molar refractivity (Wildman–Crippen MR) is 140 cm³/mol. The van der Waals surface area contributed by atoms with Crippen molar-refractivity contribution < 1.29 is 28.8 Å². The van der Waals surface area contributed by atoms with Gasteiger partial charge in [0.05, 0.1) is 24.6 Å². The van der Waals surface area contributed by atoms with Crippen LogP contribution in [-0.2, 0) is 19.0 Å². The standard InChI is InChI=1S/C26H39ClN2O6S/c1-6-7-15-12-18(29(3)13-15)24(31)28-19(14(2)27)21-23-22(20(30)26(35-21)36-5)33-25(34-23)16-8-10-17(32-4)11-9-16/h8-11,14-15,18-23,25-26,30H,6-7,12-13H2,1-5H3,(H,28,31)/t14?,15-,18+,19?,20-,21-,22-,23+,25?,26-/m1/s1. The summed E-state index contributed by atoms with van der Waals surface area (Å²) in [7, 11) is 3.61. The summed E-state index contributed by atoms with van der Waals surface area (Å²) >= 11 is 8.06. The van der Waals surface area contributed by atoms with Gasteiger partial charge in [0, 0.05) is 12.1 Å². The van der Waals surface area contributed by atoms with Crippen LogP contribution in [0.25, 0.3) is 0 Å². The Morgan fingerprint density at radius 3 is 2.58 bits per heavy atom. The monoisotopic (exact) mass is 542 g/mol. The molecule has 1 aromatic carbocycles. The number of aliphatic hydroxyl groups is 1. The Kier molecular flexibility index (Phi) is 9.47. The number of benzene rings is 1. The number of thioether (sulfide) groups is 1. The molecule has 8 nitrogen and oxygen atoms in total. The zero-order valence-electron chi connectivity index (χ0n) is 21.6. The van der Waals surface area contributed by atoms with Gasteiger partial charge in [-0.3, -0.25) is 9.69 Å². The first kappa shape index (κ1) is 28.0. The second-order valence-corrected chi connectivity index (χ2v) is 11.7. The number of halogens is 1. The molecule has 10 heteroatoms. The largest absolute Gasteiger partial charge is 0.497 e. The highest BCUT2D eigenvalue weighted by Gasteiger charge is 2.55. The lowest BCUT2D eigenvalue weighted by Crippen LogP contribution is -2.64. The van der Waals surface area contributed by atoms with E-state index in [0.717, 1.165) is 37.1 Å². The minimum atomic E-state index is -0.887. The van der Waals surface area contributed by atoms with Crippen LogP contribution in [0.5, 0.6) is 5.75 Å². The number of hydrogen-bond acceptors (Lipinski definition) is 8. The Balaban J connectivity index is 1.53. The Bertz CT molecular complexity index is 876. The Morgan fingerprint density at radius 2 is 1.97 bits per heavy atom. The van der Waals surface area contributed by atoms with Gasteiger partial charge in [-0.1, -0.05) is 25.5 Å². The van der Waals surface area contributed by atoms with E-state index in [9.17, 15) is 9.90 Å². The van der Waals surface area contributed by atoms with Gasteiger partial charge in [0.2, 0.25) is 5.91 Å². The molecule has 3 heterocycles. The number of aliphatic hydroxyl groups excluding tert-OH is 1. The lowest BCUT2D eigenvalue weighted by molar-refractivity contribution is -0.167. The average molecular weight is 543 g/mol. The van der Waals surface area contributed by atoms with Gasteiger partial charge in [0.25, 0.3) is 0 Å². The maximum Gasteiger partial charge on any atom is 0.237 e. The van der Waals surface area contributed by atoms with E-state index in [4.69, 9.17) is 30.5 Å². The molecule has 4 rings (SSSR count). The van der Waals surface area contributed by atoms with Crippen LogP contribution in [0.1, 0.15) is 45.0 Å². The first-order valence-electron chi connectivity index (χ1n) is 12.7. The van der Waals surface area contributed by atoms with Gasteiger partial charge in [-0.2, -0.15) is 0 Å². The summed E-state index contributed by atoms with van der Waals surface area (Å²) in [6, 6.07) is 6.71. The van der Waals surface area contributed by atoms with E-state index in [0.29, 0.717) is 5.92 Å². The number of likely N-dealkylation sites (N-methyl/N-ethyl adjacent to an activating group) is 1. The lowest BCUT2D eigenvalue weighted by Gasteiger charge is -2.43. The van der Waals surface area contributed by atoms with Crippen LogP contribution in [0.2, 0.25) is 0 Å². The molecule has 3 aliphatic heterocycles. The highest BCUT2D eigenvalue weighted by molar-refractivity contribution is 7.99. The third-order valence-electron chi connectivity index (χ3n) is 7.53. The quantitative estimate of drug-likeness (QED) is 0.460. The smallest absolute Gasteiger partial charge is 0.237 e. The van der Waals surface area contributed by atoms with Crippen LogP contribution in [0.15, 0.2) is 24.3 Å². The molecule has 3 aliphatic rings. The minimum absolute atomic E-state index is 0.0498. The second kappa shape index (κ2) is 12.2. The molecule has 1 aromatic rings.